The summed E-state index contributed by atoms with van der Waals surface area (Å²) in [6, 6.07) is 6.16. The minimum absolute atomic E-state index is 0.339. The Morgan fingerprint density at radius 2 is 2.16 bits per heavy atom. The Morgan fingerprint density at radius 3 is 2.79 bits per heavy atom. The molecule has 0 fully saturated rings. The van der Waals surface area contributed by atoms with Gasteiger partial charge in [-0.1, -0.05) is 29.5 Å². The van der Waals surface area contributed by atoms with Crippen LogP contribution in [0.25, 0.3) is 5.69 Å². The highest BCUT2D eigenvalue weighted by atomic mass is 32.2. The van der Waals surface area contributed by atoms with Crippen molar-refractivity contribution >= 4 is 17.7 Å². The average molecular weight is 276 g/mol. The van der Waals surface area contributed by atoms with Crippen molar-refractivity contribution in [1.29, 1.82) is 0 Å². The van der Waals surface area contributed by atoms with Gasteiger partial charge in [-0.25, -0.2) is 0 Å². The molecule has 0 radical (unpaired) electrons. The Bertz CT molecular complexity index is 608. The topological polar surface area (TPSA) is 73.8 Å². The maximum absolute atomic E-state index is 11.1. The number of nitrogens with two attached hydrogens (primary N) is 1. The number of rotatable bonds is 4. The Morgan fingerprint density at radius 1 is 1.42 bits per heavy atom. The molecule has 0 aliphatic carbocycles. The van der Waals surface area contributed by atoms with Gasteiger partial charge in [-0.15, -0.1) is 10.2 Å². The molecule has 0 saturated heterocycles. The lowest BCUT2D eigenvalue weighted by atomic mass is 10.1. The van der Waals surface area contributed by atoms with Crippen LogP contribution in [0.4, 0.5) is 0 Å². The smallest absolute Gasteiger partial charge is 0.230 e. The summed E-state index contributed by atoms with van der Waals surface area (Å²) in [6.07, 6.45) is 1.65. The lowest BCUT2D eigenvalue weighted by Gasteiger charge is -2.11. The van der Waals surface area contributed by atoms with E-state index in [9.17, 15) is 4.79 Å². The van der Waals surface area contributed by atoms with Crippen LogP contribution >= 0.6 is 11.8 Å². The molecule has 1 aromatic heterocycles. The fourth-order valence-corrected chi connectivity index (χ4v) is 2.55. The largest absolute Gasteiger partial charge is 0.369 e. The summed E-state index contributed by atoms with van der Waals surface area (Å²) in [5.41, 5.74) is 8.62. The molecule has 0 aliphatic heterocycles. The summed E-state index contributed by atoms with van der Waals surface area (Å²) in [6.45, 7) is 5.84. The third-order valence-electron chi connectivity index (χ3n) is 2.81. The van der Waals surface area contributed by atoms with Crippen LogP contribution in [0.2, 0.25) is 0 Å². The third-order valence-corrected chi connectivity index (χ3v) is 3.89. The Balaban J connectivity index is 2.36. The van der Waals surface area contributed by atoms with Crippen LogP contribution < -0.4 is 5.73 Å². The normalized spacial score (nSPS) is 12.4. The first-order valence-electron chi connectivity index (χ1n) is 5.92. The first kappa shape index (κ1) is 13.6. The lowest BCUT2D eigenvalue weighted by Crippen LogP contribution is -2.23. The Kier molecular flexibility index (Phi) is 3.90. The van der Waals surface area contributed by atoms with Crippen LogP contribution in [0.5, 0.6) is 0 Å². The van der Waals surface area contributed by atoms with E-state index in [1.807, 2.05) is 30.5 Å². The van der Waals surface area contributed by atoms with Gasteiger partial charge < -0.3 is 5.73 Å². The molecule has 2 aromatic rings. The van der Waals surface area contributed by atoms with Gasteiger partial charge in [0.25, 0.3) is 0 Å². The highest BCUT2D eigenvalue weighted by molar-refractivity contribution is 8.00. The molecule has 5 nitrogen and oxygen atoms in total. The van der Waals surface area contributed by atoms with Gasteiger partial charge in [-0.2, -0.15) is 0 Å². The highest BCUT2D eigenvalue weighted by Gasteiger charge is 2.16. The number of primary amides is 1. The van der Waals surface area contributed by atoms with Crippen molar-refractivity contribution in [3.63, 3.8) is 0 Å². The first-order chi connectivity index (χ1) is 8.99. The maximum Gasteiger partial charge on any atom is 0.230 e. The van der Waals surface area contributed by atoms with Crippen LogP contribution in [-0.4, -0.2) is 25.9 Å². The van der Waals surface area contributed by atoms with Crippen molar-refractivity contribution in [1.82, 2.24) is 14.8 Å². The van der Waals surface area contributed by atoms with E-state index >= 15 is 0 Å². The minimum Gasteiger partial charge on any atom is -0.369 e. The van der Waals surface area contributed by atoms with Crippen molar-refractivity contribution in [3.05, 3.63) is 35.7 Å². The molecule has 1 amide bonds. The number of thioether (sulfide) groups is 1. The molecular formula is C13H16N4OS. The van der Waals surface area contributed by atoms with Crippen LogP contribution in [0.3, 0.4) is 0 Å². The van der Waals surface area contributed by atoms with Crippen molar-refractivity contribution < 1.29 is 4.79 Å². The number of amides is 1. The summed E-state index contributed by atoms with van der Waals surface area (Å²) in [4.78, 5) is 11.1. The second kappa shape index (κ2) is 5.44. The molecule has 1 heterocycles. The molecule has 2 rings (SSSR count). The Hall–Kier alpha value is -1.82. The Labute approximate surface area is 116 Å². The van der Waals surface area contributed by atoms with Crippen LogP contribution in [-0.2, 0) is 4.79 Å². The first-order valence-corrected chi connectivity index (χ1v) is 6.80. The predicted molar refractivity (Wildman–Crippen MR) is 75.3 cm³/mol. The van der Waals surface area contributed by atoms with Gasteiger partial charge in [0.15, 0.2) is 5.16 Å². The monoisotopic (exact) mass is 276 g/mol. The summed E-state index contributed by atoms with van der Waals surface area (Å²) < 4.78 is 1.87. The molecule has 0 aliphatic rings. The summed E-state index contributed by atoms with van der Waals surface area (Å²) in [5, 5.41) is 8.29. The summed E-state index contributed by atoms with van der Waals surface area (Å²) >= 11 is 1.31. The second-order valence-electron chi connectivity index (χ2n) is 4.44. The van der Waals surface area contributed by atoms with E-state index in [4.69, 9.17) is 5.73 Å². The van der Waals surface area contributed by atoms with Gasteiger partial charge in [0.1, 0.15) is 6.33 Å². The van der Waals surface area contributed by atoms with Gasteiger partial charge in [0.2, 0.25) is 5.91 Å². The molecule has 2 N–H and O–H groups in total. The predicted octanol–water partition coefficient (Wildman–Crippen LogP) is 1.85. The zero-order valence-electron chi connectivity index (χ0n) is 11.1. The number of aryl methyl sites for hydroxylation is 2. The average Bonchev–Trinajstić information content (AvgIpc) is 2.77. The van der Waals surface area contributed by atoms with Crippen molar-refractivity contribution in [2.75, 3.05) is 0 Å². The SMILES string of the molecule is Cc1ccc(-n2cnnc2SC(C)C(N)=O)c(C)c1. The van der Waals surface area contributed by atoms with Gasteiger partial charge >= 0.3 is 0 Å². The van der Waals surface area contributed by atoms with Crippen molar-refractivity contribution in [2.45, 2.75) is 31.2 Å². The van der Waals surface area contributed by atoms with Crippen LogP contribution in [0.1, 0.15) is 18.1 Å². The molecule has 19 heavy (non-hydrogen) atoms. The van der Waals surface area contributed by atoms with Crippen LogP contribution in [0.15, 0.2) is 29.7 Å². The quantitative estimate of drug-likeness (QED) is 0.865. The highest BCUT2D eigenvalue weighted by Crippen LogP contribution is 2.25. The van der Waals surface area contributed by atoms with E-state index in [1.54, 1.807) is 13.3 Å². The molecule has 0 saturated carbocycles. The standard InChI is InChI=1S/C13H16N4OS/c1-8-4-5-11(9(2)6-8)17-7-15-16-13(17)19-10(3)12(14)18/h4-7,10H,1-3H3,(H2,14,18). The fraction of sp³-hybridized carbons (Fsp3) is 0.308. The van der Waals surface area contributed by atoms with Crippen molar-refractivity contribution in [3.8, 4) is 5.69 Å². The van der Waals surface area contributed by atoms with E-state index in [0.29, 0.717) is 5.16 Å². The second-order valence-corrected chi connectivity index (χ2v) is 5.74. The number of benzene rings is 1. The molecule has 0 spiro atoms. The summed E-state index contributed by atoms with van der Waals surface area (Å²) in [7, 11) is 0. The third kappa shape index (κ3) is 2.96. The maximum atomic E-state index is 11.1. The van der Waals surface area contributed by atoms with Gasteiger partial charge in [-0.3, -0.25) is 9.36 Å². The molecule has 6 heteroatoms. The van der Waals surface area contributed by atoms with E-state index in [2.05, 4.69) is 16.3 Å². The zero-order chi connectivity index (χ0) is 14.0. The number of hydrogen-bond acceptors (Lipinski definition) is 4. The summed E-state index contributed by atoms with van der Waals surface area (Å²) in [5.74, 6) is -0.361. The number of carbonyl (C=O) groups excluding carboxylic acids is 1. The fourth-order valence-electron chi connectivity index (χ4n) is 1.76. The van der Waals surface area contributed by atoms with Gasteiger partial charge in [0, 0.05) is 0 Å². The molecule has 100 valence electrons. The van der Waals surface area contributed by atoms with Gasteiger partial charge in [-0.05, 0) is 32.4 Å². The molecular weight excluding hydrogens is 260 g/mol. The minimum atomic E-state index is -0.361. The number of aromatic nitrogens is 3. The number of nitrogens with zero attached hydrogens (tertiary/aromatic N) is 3. The molecule has 1 atom stereocenters. The van der Waals surface area contributed by atoms with Crippen molar-refractivity contribution in [2.24, 2.45) is 5.73 Å². The zero-order valence-corrected chi connectivity index (χ0v) is 11.9. The number of hydrogen-bond donors (Lipinski definition) is 1. The molecule has 0 bridgehead atoms. The van der Waals surface area contributed by atoms with E-state index in [0.717, 1.165) is 11.3 Å². The lowest BCUT2D eigenvalue weighted by molar-refractivity contribution is -0.117. The van der Waals surface area contributed by atoms with E-state index < -0.39 is 0 Å². The molecule has 1 aromatic carbocycles. The van der Waals surface area contributed by atoms with E-state index in [1.165, 1.54) is 17.3 Å². The number of carbonyl (C=O) groups is 1. The van der Waals surface area contributed by atoms with Crippen LogP contribution in [0, 0.1) is 13.8 Å². The van der Waals surface area contributed by atoms with E-state index in [-0.39, 0.29) is 11.2 Å². The molecule has 1 unspecified atom stereocenters. The van der Waals surface area contributed by atoms with Gasteiger partial charge in [0.05, 0.1) is 10.9 Å².